The monoisotopic (exact) mass is 289 g/mol. The molecule has 6 heteroatoms. The second-order valence-electron chi connectivity index (χ2n) is 5.35. The molecule has 21 heavy (non-hydrogen) atoms. The number of anilines is 1. The molecular weight excluding hydrogens is 270 g/mol. The molecule has 2 aliphatic rings. The van der Waals surface area contributed by atoms with Gasteiger partial charge >= 0.3 is 6.03 Å². The summed E-state index contributed by atoms with van der Waals surface area (Å²) in [6.45, 7) is 5.09. The van der Waals surface area contributed by atoms with Gasteiger partial charge in [0, 0.05) is 30.9 Å². The van der Waals surface area contributed by atoms with Gasteiger partial charge in [0.05, 0.1) is 19.3 Å². The molecule has 2 aliphatic heterocycles. The van der Waals surface area contributed by atoms with Gasteiger partial charge in [0.1, 0.15) is 0 Å². The van der Waals surface area contributed by atoms with Gasteiger partial charge in [-0.1, -0.05) is 0 Å². The molecule has 0 radical (unpaired) electrons. The zero-order valence-electron chi connectivity index (χ0n) is 12.0. The summed E-state index contributed by atoms with van der Waals surface area (Å²) in [4.78, 5) is 27.6. The first-order valence-electron chi connectivity index (χ1n) is 7.21. The normalized spacial score (nSPS) is 22.3. The van der Waals surface area contributed by atoms with Crippen LogP contribution in [-0.2, 0) is 4.74 Å². The summed E-state index contributed by atoms with van der Waals surface area (Å²) >= 11 is 0. The highest BCUT2D eigenvalue weighted by atomic mass is 16.5. The molecule has 112 valence electrons. The molecule has 0 spiro atoms. The Morgan fingerprint density at radius 1 is 1.29 bits per heavy atom. The minimum absolute atomic E-state index is 0.0169. The van der Waals surface area contributed by atoms with Gasteiger partial charge in [0.2, 0.25) is 0 Å². The smallest absolute Gasteiger partial charge is 0.321 e. The Bertz CT molecular complexity index is 544. The van der Waals surface area contributed by atoms with Gasteiger partial charge in [-0.05, 0) is 31.2 Å². The molecule has 0 aliphatic carbocycles. The van der Waals surface area contributed by atoms with Crippen LogP contribution in [0.3, 0.4) is 0 Å². The molecule has 6 nitrogen and oxygen atoms in total. The van der Waals surface area contributed by atoms with Crippen molar-refractivity contribution in [1.29, 1.82) is 0 Å². The van der Waals surface area contributed by atoms with Crippen LogP contribution >= 0.6 is 0 Å². The Morgan fingerprint density at radius 2 is 2.05 bits per heavy atom. The molecule has 0 aromatic heterocycles. The van der Waals surface area contributed by atoms with Gasteiger partial charge in [0.25, 0.3) is 5.91 Å². The average Bonchev–Trinajstić information content (AvgIpc) is 2.93. The van der Waals surface area contributed by atoms with Crippen molar-refractivity contribution in [3.63, 3.8) is 0 Å². The lowest BCUT2D eigenvalue weighted by atomic mass is 10.1. The van der Waals surface area contributed by atoms with Crippen molar-refractivity contribution < 1.29 is 14.3 Å². The van der Waals surface area contributed by atoms with Crippen molar-refractivity contribution in [2.75, 3.05) is 37.7 Å². The van der Waals surface area contributed by atoms with Gasteiger partial charge in [-0.25, -0.2) is 4.79 Å². The second-order valence-corrected chi connectivity index (χ2v) is 5.35. The number of ether oxygens (including phenoxy) is 1. The van der Waals surface area contributed by atoms with E-state index in [4.69, 9.17) is 4.74 Å². The van der Waals surface area contributed by atoms with Crippen molar-refractivity contribution in [2.45, 2.75) is 13.0 Å². The fraction of sp³-hybridized carbons (Fsp3) is 0.467. The summed E-state index contributed by atoms with van der Waals surface area (Å²) in [5.41, 5.74) is 1.46. The van der Waals surface area contributed by atoms with E-state index in [1.807, 2.05) is 24.0 Å². The highest BCUT2D eigenvalue weighted by molar-refractivity contribution is 5.97. The number of rotatable bonds is 2. The first kappa shape index (κ1) is 13.9. The first-order chi connectivity index (χ1) is 10.2. The number of morpholine rings is 1. The Morgan fingerprint density at radius 3 is 2.67 bits per heavy atom. The van der Waals surface area contributed by atoms with E-state index in [1.54, 1.807) is 17.0 Å². The molecule has 2 fully saturated rings. The van der Waals surface area contributed by atoms with Crippen LogP contribution in [0.5, 0.6) is 0 Å². The maximum Gasteiger partial charge on any atom is 0.321 e. The molecule has 2 heterocycles. The minimum Gasteiger partial charge on any atom is -0.377 e. The largest absolute Gasteiger partial charge is 0.377 e. The predicted octanol–water partition coefficient (Wildman–Crippen LogP) is 1.08. The quantitative estimate of drug-likeness (QED) is 0.886. The predicted molar refractivity (Wildman–Crippen MR) is 78.5 cm³/mol. The molecule has 1 aromatic carbocycles. The third kappa shape index (κ3) is 2.71. The number of urea groups is 1. The van der Waals surface area contributed by atoms with Gasteiger partial charge < -0.3 is 15.0 Å². The number of amides is 3. The molecule has 1 N–H and O–H groups in total. The number of hydrogen-bond acceptors (Lipinski definition) is 3. The van der Waals surface area contributed by atoms with E-state index in [2.05, 4.69) is 5.32 Å². The van der Waals surface area contributed by atoms with E-state index < -0.39 is 0 Å². The Hall–Kier alpha value is -2.08. The van der Waals surface area contributed by atoms with Gasteiger partial charge in [-0.2, -0.15) is 0 Å². The fourth-order valence-corrected chi connectivity index (χ4v) is 2.70. The number of nitrogens with zero attached hydrogens (tertiary/aromatic N) is 2. The van der Waals surface area contributed by atoms with Crippen LogP contribution in [0.1, 0.15) is 17.3 Å². The van der Waals surface area contributed by atoms with Crippen LogP contribution in [0.25, 0.3) is 0 Å². The first-order valence-corrected chi connectivity index (χ1v) is 7.21. The standard InChI is InChI=1S/C15H19N3O3/c1-11-10-21-9-8-17(11)14(19)12-2-4-13(5-3-12)18-7-6-16-15(18)20/h2-5,11H,6-10H2,1H3,(H,16,20)/t11-/m1/s1. The van der Waals surface area contributed by atoms with Crippen LogP contribution in [0, 0.1) is 0 Å². The topological polar surface area (TPSA) is 61.9 Å². The molecular formula is C15H19N3O3. The number of benzene rings is 1. The van der Waals surface area contributed by atoms with Crippen molar-refractivity contribution in [3.05, 3.63) is 29.8 Å². The number of hydrogen-bond donors (Lipinski definition) is 1. The lowest BCUT2D eigenvalue weighted by molar-refractivity contribution is 0.00359. The van der Waals surface area contributed by atoms with Crippen molar-refractivity contribution in [1.82, 2.24) is 10.2 Å². The molecule has 1 atom stereocenters. The fourth-order valence-electron chi connectivity index (χ4n) is 2.70. The summed E-state index contributed by atoms with van der Waals surface area (Å²) in [6.07, 6.45) is 0. The van der Waals surface area contributed by atoms with Crippen LogP contribution in [-0.4, -0.2) is 55.7 Å². The lowest BCUT2D eigenvalue weighted by Gasteiger charge is -2.33. The third-order valence-electron chi connectivity index (χ3n) is 3.91. The zero-order chi connectivity index (χ0) is 14.8. The van der Waals surface area contributed by atoms with E-state index in [1.165, 1.54) is 0 Å². The Labute approximate surface area is 123 Å². The number of nitrogens with one attached hydrogen (secondary N) is 1. The molecule has 3 rings (SSSR count). The average molecular weight is 289 g/mol. The SMILES string of the molecule is C[C@@H]1COCCN1C(=O)c1ccc(N2CCNC2=O)cc1. The summed E-state index contributed by atoms with van der Waals surface area (Å²) in [5, 5.41) is 2.76. The van der Waals surface area contributed by atoms with Crippen molar-refractivity contribution >= 4 is 17.6 Å². The van der Waals surface area contributed by atoms with Crippen LogP contribution in [0.4, 0.5) is 10.5 Å². The Kier molecular flexibility index (Phi) is 3.79. The second kappa shape index (κ2) is 5.73. The summed E-state index contributed by atoms with van der Waals surface area (Å²) in [5.74, 6) is 0.0169. The molecule has 0 bridgehead atoms. The van der Waals surface area contributed by atoms with E-state index >= 15 is 0 Å². The molecule has 1 aromatic rings. The van der Waals surface area contributed by atoms with Crippen LogP contribution < -0.4 is 10.2 Å². The van der Waals surface area contributed by atoms with Gasteiger partial charge in [-0.3, -0.25) is 9.69 Å². The maximum absolute atomic E-state index is 12.5. The lowest BCUT2D eigenvalue weighted by Crippen LogP contribution is -2.47. The zero-order valence-corrected chi connectivity index (χ0v) is 12.0. The van der Waals surface area contributed by atoms with E-state index in [0.29, 0.717) is 38.4 Å². The van der Waals surface area contributed by atoms with Crippen LogP contribution in [0.2, 0.25) is 0 Å². The van der Waals surface area contributed by atoms with Crippen molar-refractivity contribution in [3.8, 4) is 0 Å². The maximum atomic E-state index is 12.5. The van der Waals surface area contributed by atoms with E-state index in [9.17, 15) is 9.59 Å². The number of carbonyl (C=O) groups is 2. The van der Waals surface area contributed by atoms with E-state index in [0.717, 1.165) is 5.69 Å². The molecule has 3 amide bonds. The third-order valence-corrected chi connectivity index (χ3v) is 3.91. The highest BCUT2D eigenvalue weighted by Gasteiger charge is 2.25. The summed E-state index contributed by atoms with van der Waals surface area (Å²) < 4.78 is 5.35. The Balaban J connectivity index is 1.74. The molecule has 0 unspecified atom stereocenters. The molecule has 2 saturated heterocycles. The minimum atomic E-state index is -0.0871. The van der Waals surface area contributed by atoms with E-state index in [-0.39, 0.29) is 18.0 Å². The van der Waals surface area contributed by atoms with Gasteiger partial charge in [-0.15, -0.1) is 0 Å². The highest BCUT2D eigenvalue weighted by Crippen LogP contribution is 2.19. The van der Waals surface area contributed by atoms with Gasteiger partial charge in [0.15, 0.2) is 0 Å². The van der Waals surface area contributed by atoms with Crippen LogP contribution in [0.15, 0.2) is 24.3 Å². The summed E-state index contributed by atoms with van der Waals surface area (Å²) in [6, 6.07) is 7.22. The number of carbonyl (C=O) groups excluding carboxylic acids is 2. The molecule has 0 saturated carbocycles. The van der Waals surface area contributed by atoms with Crippen molar-refractivity contribution in [2.24, 2.45) is 0 Å². The summed E-state index contributed by atoms with van der Waals surface area (Å²) in [7, 11) is 0.